The fraction of sp³-hybridized carbons (Fsp3) is 0.556. The molecule has 0 aromatic carbocycles. The summed E-state index contributed by atoms with van der Waals surface area (Å²) in [5, 5.41) is 7.85. The van der Waals surface area contributed by atoms with Crippen LogP contribution in [0.1, 0.15) is 39.8 Å². The lowest BCUT2D eigenvalue weighted by Gasteiger charge is -2.42. The minimum absolute atomic E-state index is 0.00122. The largest absolute Gasteiger partial charge is 0.378 e. The van der Waals surface area contributed by atoms with Crippen LogP contribution in [-0.2, 0) is 11.2 Å². The van der Waals surface area contributed by atoms with E-state index in [-0.39, 0.29) is 11.5 Å². The van der Waals surface area contributed by atoms with Gasteiger partial charge < -0.3 is 10.1 Å². The van der Waals surface area contributed by atoms with Crippen molar-refractivity contribution < 1.29 is 9.13 Å². The van der Waals surface area contributed by atoms with Crippen LogP contribution in [0.15, 0.2) is 35.6 Å². The van der Waals surface area contributed by atoms with Crippen LogP contribution in [0.2, 0.25) is 0 Å². The Balaban J connectivity index is 1.21. The molecule has 0 spiro atoms. The first kappa shape index (κ1) is 23.5. The number of rotatable bonds is 5. The lowest BCUT2D eigenvalue weighted by molar-refractivity contribution is -0.0794. The van der Waals surface area contributed by atoms with Crippen LogP contribution in [-0.4, -0.2) is 74.8 Å². The number of nitrogens with zero attached hydrogens (tertiary/aromatic N) is 6. The van der Waals surface area contributed by atoms with Crippen molar-refractivity contribution in [3.05, 3.63) is 36.3 Å². The van der Waals surface area contributed by atoms with E-state index in [0.29, 0.717) is 44.1 Å². The first-order valence-corrected chi connectivity index (χ1v) is 12.9. The Morgan fingerprint density at radius 3 is 2.78 bits per heavy atom. The van der Waals surface area contributed by atoms with Gasteiger partial charge in [0.15, 0.2) is 0 Å². The number of alkyl halides is 1. The Morgan fingerprint density at radius 1 is 1.22 bits per heavy atom. The molecule has 0 unspecified atom stereocenters. The fourth-order valence-electron chi connectivity index (χ4n) is 5.49. The Kier molecular flexibility index (Phi) is 5.80. The molecule has 3 aromatic rings. The third-order valence-electron chi connectivity index (χ3n) is 8.59. The molecule has 0 aliphatic carbocycles. The van der Waals surface area contributed by atoms with Crippen LogP contribution in [0.3, 0.4) is 0 Å². The van der Waals surface area contributed by atoms with Gasteiger partial charge in [-0.05, 0) is 37.5 Å². The van der Waals surface area contributed by atoms with Crippen molar-refractivity contribution in [2.45, 2.75) is 58.8 Å². The van der Waals surface area contributed by atoms with Gasteiger partial charge in [0.2, 0.25) is 5.95 Å². The molecule has 0 amide bonds. The standard InChI is InChI=1S/C27H34FN7O/c1-16(2)27(4)11-24-23(30-17(27)3)6-5-21(31-24)19-7-10-35-25(19)12-29-26(33-35)32-22-8-9-34(13-20(22)28)18-14-36-15-18/h5-7,10,12,16,18,20,22H,8-9,11,13-15H2,1-4H3,(H,32,33)/t20-,22+,27+/m1/s1. The molecule has 0 bridgehead atoms. The number of piperidine rings is 1. The summed E-state index contributed by atoms with van der Waals surface area (Å²) in [7, 11) is 0. The Hall–Kier alpha value is -2.91. The maximum Gasteiger partial charge on any atom is 0.241 e. The topological polar surface area (TPSA) is 79.9 Å². The maximum absolute atomic E-state index is 14.9. The van der Waals surface area contributed by atoms with Crippen molar-refractivity contribution in [1.29, 1.82) is 0 Å². The minimum atomic E-state index is -0.971. The van der Waals surface area contributed by atoms with Crippen molar-refractivity contribution in [2.75, 3.05) is 31.6 Å². The van der Waals surface area contributed by atoms with E-state index in [9.17, 15) is 4.39 Å². The zero-order chi connectivity index (χ0) is 25.0. The van der Waals surface area contributed by atoms with E-state index in [0.717, 1.165) is 41.1 Å². The third-order valence-corrected chi connectivity index (χ3v) is 8.59. The van der Waals surface area contributed by atoms with Gasteiger partial charge in [-0.15, -0.1) is 5.10 Å². The molecule has 190 valence electrons. The predicted octanol–water partition coefficient (Wildman–Crippen LogP) is 4.33. The minimum Gasteiger partial charge on any atom is -0.378 e. The van der Waals surface area contributed by atoms with E-state index in [4.69, 9.17) is 14.7 Å². The second kappa shape index (κ2) is 8.88. The summed E-state index contributed by atoms with van der Waals surface area (Å²) in [5.41, 5.74) is 5.88. The van der Waals surface area contributed by atoms with Gasteiger partial charge in [-0.1, -0.05) is 20.8 Å². The number of ether oxygens (including phenoxy) is 1. The summed E-state index contributed by atoms with van der Waals surface area (Å²) in [6.07, 6.45) is 4.32. The number of nitrogens with one attached hydrogen (secondary N) is 1. The van der Waals surface area contributed by atoms with Crippen LogP contribution >= 0.6 is 0 Å². The van der Waals surface area contributed by atoms with Gasteiger partial charge in [-0.3, -0.25) is 14.9 Å². The number of hydrogen-bond acceptors (Lipinski definition) is 7. The van der Waals surface area contributed by atoms with Gasteiger partial charge in [-0.2, -0.15) is 0 Å². The number of anilines is 1. The molecule has 2 saturated heterocycles. The predicted molar refractivity (Wildman–Crippen MR) is 139 cm³/mol. The zero-order valence-corrected chi connectivity index (χ0v) is 21.4. The second-order valence-electron chi connectivity index (χ2n) is 11.0. The SMILES string of the molecule is CC1=Nc2ccc(-c3ccn4nc(N[C@H]5CCN(C6COC6)C[C@H]5F)ncc34)nc2C[C@@]1(C)C(C)C. The molecule has 3 atom stereocenters. The highest BCUT2D eigenvalue weighted by Gasteiger charge is 2.37. The molecule has 1 N–H and O–H groups in total. The van der Waals surface area contributed by atoms with Crippen molar-refractivity contribution >= 4 is 22.9 Å². The summed E-state index contributed by atoms with van der Waals surface area (Å²) in [4.78, 5) is 16.6. The van der Waals surface area contributed by atoms with E-state index >= 15 is 0 Å². The van der Waals surface area contributed by atoms with E-state index < -0.39 is 6.17 Å². The van der Waals surface area contributed by atoms with Crippen LogP contribution in [0.25, 0.3) is 16.8 Å². The number of aliphatic imine (C=N–C) groups is 1. The van der Waals surface area contributed by atoms with Crippen molar-refractivity contribution in [3.8, 4) is 11.3 Å². The van der Waals surface area contributed by atoms with Gasteiger partial charge in [0.1, 0.15) is 6.17 Å². The first-order chi connectivity index (χ1) is 17.3. The van der Waals surface area contributed by atoms with Crippen molar-refractivity contribution in [3.63, 3.8) is 0 Å². The molecule has 6 heterocycles. The van der Waals surface area contributed by atoms with Crippen LogP contribution < -0.4 is 5.32 Å². The second-order valence-corrected chi connectivity index (χ2v) is 11.0. The zero-order valence-electron chi connectivity index (χ0n) is 21.4. The molecule has 3 aromatic heterocycles. The highest BCUT2D eigenvalue weighted by molar-refractivity contribution is 5.92. The summed E-state index contributed by atoms with van der Waals surface area (Å²) in [5.74, 6) is 0.909. The van der Waals surface area contributed by atoms with E-state index in [1.54, 1.807) is 10.7 Å². The molecule has 6 rings (SSSR count). The van der Waals surface area contributed by atoms with Crippen LogP contribution in [0.5, 0.6) is 0 Å². The lowest BCUT2D eigenvalue weighted by atomic mass is 9.70. The molecule has 3 aliphatic rings. The molecule has 36 heavy (non-hydrogen) atoms. The molecule has 0 saturated carbocycles. The van der Waals surface area contributed by atoms with Crippen molar-refractivity contribution in [1.82, 2.24) is 24.5 Å². The summed E-state index contributed by atoms with van der Waals surface area (Å²) >= 11 is 0. The number of likely N-dealkylation sites (tertiary alicyclic amines) is 1. The highest BCUT2D eigenvalue weighted by Crippen LogP contribution is 2.41. The summed E-state index contributed by atoms with van der Waals surface area (Å²) < 4.78 is 21.9. The molecule has 3 aliphatic heterocycles. The number of aromatic nitrogens is 4. The smallest absolute Gasteiger partial charge is 0.241 e. The maximum atomic E-state index is 14.9. The molecular formula is C27H34FN7O. The average molecular weight is 492 g/mol. The van der Waals surface area contributed by atoms with Gasteiger partial charge >= 0.3 is 0 Å². The van der Waals surface area contributed by atoms with Gasteiger partial charge in [0.05, 0.1) is 54.1 Å². The van der Waals surface area contributed by atoms with E-state index in [1.807, 2.05) is 18.3 Å². The number of hydrogen-bond donors (Lipinski definition) is 1. The highest BCUT2D eigenvalue weighted by atomic mass is 19.1. The average Bonchev–Trinajstić information content (AvgIpc) is 3.23. The first-order valence-electron chi connectivity index (χ1n) is 12.9. The van der Waals surface area contributed by atoms with E-state index in [2.05, 4.69) is 54.1 Å². The molecular weight excluding hydrogens is 457 g/mol. The Labute approximate surface area is 211 Å². The van der Waals surface area contributed by atoms with Crippen LogP contribution in [0, 0.1) is 11.3 Å². The fourth-order valence-corrected chi connectivity index (χ4v) is 5.49. The number of halogens is 1. The molecule has 9 heteroatoms. The monoisotopic (exact) mass is 491 g/mol. The Morgan fingerprint density at radius 2 is 2.06 bits per heavy atom. The van der Waals surface area contributed by atoms with Gasteiger partial charge in [-0.25, -0.2) is 13.9 Å². The summed E-state index contributed by atoms with van der Waals surface area (Å²) in [6.45, 7) is 11.6. The quantitative estimate of drug-likeness (QED) is 0.573. The van der Waals surface area contributed by atoms with Gasteiger partial charge in [0, 0.05) is 42.4 Å². The molecule has 8 nitrogen and oxygen atoms in total. The van der Waals surface area contributed by atoms with Crippen molar-refractivity contribution in [2.24, 2.45) is 16.3 Å². The normalized spacial score (nSPS) is 27.1. The van der Waals surface area contributed by atoms with Gasteiger partial charge in [0.25, 0.3) is 0 Å². The van der Waals surface area contributed by atoms with E-state index in [1.165, 1.54) is 5.71 Å². The number of pyridine rings is 1. The Bertz CT molecular complexity index is 1320. The lowest BCUT2D eigenvalue weighted by Crippen LogP contribution is -2.57. The molecule has 2 fully saturated rings. The third kappa shape index (κ3) is 3.98. The summed E-state index contributed by atoms with van der Waals surface area (Å²) in [6, 6.07) is 6.16. The molecule has 0 radical (unpaired) electrons. The number of fused-ring (bicyclic) bond motifs is 2. The van der Waals surface area contributed by atoms with Crippen LogP contribution in [0.4, 0.5) is 16.0 Å².